The molecule has 1 fully saturated rings. The van der Waals surface area contributed by atoms with Gasteiger partial charge in [-0.3, -0.25) is 4.98 Å². The van der Waals surface area contributed by atoms with Gasteiger partial charge in [-0.05, 0) is 37.1 Å². The average Bonchev–Trinajstić information content (AvgIpc) is 2.82. The van der Waals surface area contributed by atoms with Gasteiger partial charge in [0.1, 0.15) is 0 Å². The molecule has 4 nitrogen and oxygen atoms in total. The number of aromatic nitrogens is 1. The first kappa shape index (κ1) is 14.9. The number of hydrogen-bond acceptors (Lipinski definition) is 4. The maximum atomic E-state index is 11.8. The molecule has 1 aliphatic heterocycles. The van der Waals surface area contributed by atoms with E-state index in [1.807, 2.05) is 31.3 Å². The summed E-state index contributed by atoms with van der Waals surface area (Å²) in [5, 5.41) is 4.34. The highest BCUT2D eigenvalue weighted by molar-refractivity contribution is 9.10. The molecule has 1 aliphatic rings. The lowest BCUT2D eigenvalue weighted by Gasteiger charge is -2.23. The first-order valence-electron chi connectivity index (χ1n) is 6.92. The molecule has 0 radical (unpaired) electrons. The average molecular weight is 369 g/mol. The van der Waals surface area contributed by atoms with Crippen LogP contribution in [0.3, 0.4) is 0 Å². The van der Waals surface area contributed by atoms with Crippen LogP contribution in [0.1, 0.15) is 18.0 Å². The zero-order chi connectivity index (χ0) is 15.0. The minimum absolute atomic E-state index is 0.00720. The summed E-state index contributed by atoms with van der Waals surface area (Å²) in [7, 11) is -1.01. The molecule has 0 aliphatic carbocycles. The summed E-state index contributed by atoms with van der Waals surface area (Å²) in [6.07, 6.45) is 2.48. The van der Waals surface area contributed by atoms with Crippen LogP contribution < -0.4 is 5.32 Å². The van der Waals surface area contributed by atoms with E-state index in [0.717, 1.165) is 20.9 Å². The molecule has 112 valence electrons. The molecule has 0 spiro atoms. The van der Waals surface area contributed by atoms with Crippen molar-refractivity contribution in [1.82, 2.24) is 10.3 Å². The number of benzene rings is 1. The Bertz CT molecular complexity index is 776. The highest BCUT2D eigenvalue weighted by atomic mass is 79.9. The van der Waals surface area contributed by atoms with Gasteiger partial charge in [0, 0.05) is 22.1 Å². The van der Waals surface area contributed by atoms with Crippen molar-refractivity contribution < 1.29 is 8.42 Å². The molecule has 2 heterocycles. The molecule has 1 saturated heterocycles. The smallest absolute Gasteiger partial charge is 0.150 e. The van der Waals surface area contributed by atoms with Gasteiger partial charge in [0.25, 0.3) is 0 Å². The molecule has 1 aromatic heterocycles. The third kappa shape index (κ3) is 2.84. The number of nitrogens with zero attached hydrogens (tertiary/aromatic N) is 1. The van der Waals surface area contributed by atoms with Gasteiger partial charge in [-0.2, -0.15) is 0 Å². The van der Waals surface area contributed by atoms with Crippen molar-refractivity contribution in [1.29, 1.82) is 0 Å². The topological polar surface area (TPSA) is 59.1 Å². The Hall–Kier alpha value is -0.980. The van der Waals surface area contributed by atoms with Crippen LogP contribution in [0.15, 0.2) is 34.9 Å². The lowest BCUT2D eigenvalue weighted by Crippen LogP contribution is -2.26. The quantitative estimate of drug-likeness (QED) is 0.904. The molecule has 1 N–H and O–H groups in total. The van der Waals surface area contributed by atoms with Gasteiger partial charge in [0.15, 0.2) is 9.84 Å². The van der Waals surface area contributed by atoms with Crippen LogP contribution in [-0.2, 0) is 9.84 Å². The van der Waals surface area contributed by atoms with E-state index >= 15 is 0 Å². The van der Waals surface area contributed by atoms with Crippen LogP contribution in [0, 0.1) is 5.92 Å². The summed E-state index contributed by atoms with van der Waals surface area (Å²) in [5.74, 6) is 0.645. The van der Waals surface area contributed by atoms with E-state index < -0.39 is 9.84 Å². The third-order valence-corrected chi connectivity index (χ3v) is 6.62. The Kier molecular flexibility index (Phi) is 4.03. The Morgan fingerprint density at radius 3 is 2.86 bits per heavy atom. The van der Waals surface area contributed by atoms with Crippen LogP contribution in [-0.4, -0.2) is 32.0 Å². The first-order valence-corrected chi connectivity index (χ1v) is 9.54. The Morgan fingerprint density at radius 2 is 2.19 bits per heavy atom. The van der Waals surface area contributed by atoms with Crippen LogP contribution in [0.5, 0.6) is 0 Å². The summed E-state index contributed by atoms with van der Waals surface area (Å²) in [5.41, 5.74) is 1.99. The molecular formula is C15H17BrN2O2S. The van der Waals surface area contributed by atoms with E-state index in [9.17, 15) is 8.42 Å². The van der Waals surface area contributed by atoms with Gasteiger partial charge in [0.05, 0.1) is 17.0 Å². The van der Waals surface area contributed by atoms with Crippen molar-refractivity contribution in [3.8, 4) is 0 Å². The third-order valence-electron chi connectivity index (χ3n) is 4.13. The monoisotopic (exact) mass is 368 g/mol. The second-order valence-corrected chi connectivity index (χ2v) is 8.55. The maximum absolute atomic E-state index is 11.8. The van der Waals surface area contributed by atoms with E-state index in [-0.39, 0.29) is 23.5 Å². The standard InChI is InChI=1S/C15H17BrN2O2S/c1-17-14(10-6-8-21(19,20)9-10)12-4-5-13(16)11-3-2-7-18-15(11)12/h2-5,7,10,14,17H,6,8-9H2,1H3. The molecule has 21 heavy (non-hydrogen) atoms. The highest BCUT2D eigenvalue weighted by Crippen LogP contribution is 2.35. The Morgan fingerprint density at radius 1 is 1.38 bits per heavy atom. The molecule has 6 heteroatoms. The molecular weight excluding hydrogens is 352 g/mol. The maximum Gasteiger partial charge on any atom is 0.150 e. The van der Waals surface area contributed by atoms with Crippen molar-refractivity contribution in [3.05, 3.63) is 40.5 Å². The van der Waals surface area contributed by atoms with E-state index in [1.54, 1.807) is 6.20 Å². The SMILES string of the molecule is CNC(c1ccc(Br)c2cccnc12)C1CCS(=O)(=O)C1. The summed E-state index contributed by atoms with van der Waals surface area (Å²) in [6.45, 7) is 0. The van der Waals surface area contributed by atoms with Gasteiger partial charge in [-0.25, -0.2) is 8.42 Å². The fourth-order valence-corrected chi connectivity index (χ4v) is 5.43. The summed E-state index contributed by atoms with van der Waals surface area (Å²) >= 11 is 3.55. The van der Waals surface area contributed by atoms with Gasteiger partial charge in [-0.15, -0.1) is 0 Å². The minimum Gasteiger partial charge on any atom is -0.313 e. The van der Waals surface area contributed by atoms with Crippen molar-refractivity contribution in [2.45, 2.75) is 12.5 Å². The van der Waals surface area contributed by atoms with Crippen molar-refractivity contribution in [3.63, 3.8) is 0 Å². The van der Waals surface area contributed by atoms with Crippen LogP contribution in [0.4, 0.5) is 0 Å². The summed E-state index contributed by atoms with van der Waals surface area (Å²) in [4.78, 5) is 4.50. The number of nitrogens with one attached hydrogen (secondary N) is 1. The predicted octanol–water partition coefficient (Wildman–Crippen LogP) is 2.69. The number of rotatable bonds is 3. The van der Waals surface area contributed by atoms with Crippen LogP contribution in [0.2, 0.25) is 0 Å². The lowest BCUT2D eigenvalue weighted by atomic mass is 9.91. The van der Waals surface area contributed by atoms with Crippen molar-refractivity contribution in [2.24, 2.45) is 5.92 Å². The van der Waals surface area contributed by atoms with Gasteiger partial charge < -0.3 is 5.32 Å². The zero-order valence-corrected chi connectivity index (χ0v) is 14.1. The number of sulfone groups is 1. The van der Waals surface area contributed by atoms with Crippen LogP contribution >= 0.6 is 15.9 Å². The second kappa shape index (κ2) is 5.66. The zero-order valence-electron chi connectivity index (χ0n) is 11.7. The first-order chi connectivity index (χ1) is 10.0. The number of hydrogen-bond donors (Lipinski definition) is 1. The van der Waals surface area contributed by atoms with Crippen molar-refractivity contribution in [2.75, 3.05) is 18.6 Å². The predicted molar refractivity (Wildman–Crippen MR) is 88.0 cm³/mol. The molecule has 3 rings (SSSR count). The molecule has 2 aromatic rings. The van der Waals surface area contributed by atoms with E-state index in [1.165, 1.54) is 0 Å². The molecule has 0 bridgehead atoms. The lowest BCUT2D eigenvalue weighted by molar-refractivity contribution is 0.420. The summed E-state index contributed by atoms with van der Waals surface area (Å²) < 4.78 is 24.5. The largest absolute Gasteiger partial charge is 0.313 e. The van der Waals surface area contributed by atoms with Gasteiger partial charge in [-0.1, -0.05) is 28.1 Å². The van der Waals surface area contributed by atoms with E-state index in [0.29, 0.717) is 6.42 Å². The molecule has 0 amide bonds. The van der Waals surface area contributed by atoms with E-state index in [4.69, 9.17) is 0 Å². The van der Waals surface area contributed by atoms with Crippen molar-refractivity contribution >= 4 is 36.7 Å². The van der Waals surface area contributed by atoms with Gasteiger partial charge in [0.2, 0.25) is 0 Å². The normalized spacial score (nSPS) is 22.5. The minimum atomic E-state index is -2.89. The summed E-state index contributed by atoms with van der Waals surface area (Å²) in [6, 6.07) is 7.98. The molecule has 1 aromatic carbocycles. The van der Waals surface area contributed by atoms with E-state index in [2.05, 4.69) is 26.2 Å². The van der Waals surface area contributed by atoms with Gasteiger partial charge >= 0.3 is 0 Å². The Labute approximate surface area is 133 Å². The fraction of sp³-hybridized carbons (Fsp3) is 0.400. The van der Waals surface area contributed by atoms with Crippen LogP contribution in [0.25, 0.3) is 10.9 Å². The number of pyridine rings is 1. The fourth-order valence-electron chi connectivity index (χ4n) is 3.14. The highest BCUT2D eigenvalue weighted by Gasteiger charge is 2.34. The molecule has 2 atom stereocenters. The molecule has 0 saturated carbocycles. The number of fused-ring (bicyclic) bond motifs is 1. The Balaban J connectivity index is 2.08. The number of halogens is 1. The molecule has 2 unspecified atom stereocenters. The second-order valence-electron chi connectivity index (χ2n) is 5.47.